The summed E-state index contributed by atoms with van der Waals surface area (Å²) >= 11 is -1.27. The van der Waals surface area contributed by atoms with Gasteiger partial charge in [0.2, 0.25) is 0 Å². The van der Waals surface area contributed by atoms with Crippen LogP contribution in [0.15, 0.2) is 72.8 Å². The maximum Gasteiger partial charge on any atom is 0.353 e. The van der Waals surface area contributed by atoms with Gasteiger partial charge in [-0.05, 0) is 23.3 Å². The lowest BCUT2D eigenvalue weighted by Crippen LogP contribution is -2.78. The Bertz CT molecular complexity index is 1230. The first-order valence-electron chi connectivity index (χ1n) is 11.6. The average Bonchev–Trinajstić information content (AvgIpc) is 2.84. The Morgan fingerprint density at radius 1 is 1.06 bits per heavy atom. The van der Waals surface area contributed by atoms with E-state index in [1.807, 2.05) is 54.6 Å². The molecule has 1 aliphatic heterocycles. The topological polar surface area (TPSA) is 69.2 Å². The molecule has 0 aliphatic carbocycles. The lowest BCUT2D eigenvalue weighted by atomic mass is 10.0. The third-order valence-corrected chi connectivity index (χ3v) is 7.92. The normalized spacial score (nSPS) is 20.2. The second-order valence-electron chi connectivity index (χ2n) is 8.61. The van der Waals surface area contributed by atoms with E-state index in [-0.39, 0.29) is 22.8 Å². The Balaban J connectivity index is 1.37. The molecule has 3 unspecified atom stereocenters. The van der Waals surface area contributed by atoms with Crippen LogP contribution in [0.3, 0.4) is 0 Å². The highest BCUT2D eigenvalue weighted by molar-refractivity contribution is 7.91. The number of quaternary nitrogens is 1. The number of nitrogens with one attached hydrogen (secondary N) is 1. The van der Waals surface area contributed by atoms with Crippen LogP contribution in [0.2, 0.25) is 0 Å². The van der Waals surface area contributed by atoms with E-state index in [9.17, 15) is 14.1 Å². The van der Waals surface area contributed by atoms with E-state index >= 15 is 0 Å². The van der Waals surface area contributed by atoms with Crippen molar-refractivity contribution in [2.45, 2.75) is 43.7 Å². The predicted octanol–water partition coefficient (Wildman–Crippen LogP) is 4.43. The highest BCUT2D eigenvalue weighted by atomic mass is 32.2. The number of unbranched alkanes of at least 4 members (excludes halogenated alkanes) is 2. The number of carbonyl (C=O) groups is 2. The van der Waals surface area contributed by atoms with E-state index < -0.39 is 16.5 Å². The molecule has 0 aromatic heterocycles. The zero-order valence-electron chi connectivity index (χ0n) is 19.3. The molecule has 0 bridgehead atoms. The SMILES string of the molecule is CC(=O)N[N+]1(CCCCC#Cc2cccc3ccccc23)C(=O)CC1[S+]([O-])Cc1ccccc1. The Kier molecular flexibility index (Phi) is 7.69. The van der Waals surface area contributed by atoms with Crippen molar-refractivity contribution in [2.24, 2.45) is 0 Å². The molecule has 0 saturated carbocycles. The fraction of sp³-hybridized carbons (Fsp3) is 0.286. The predicted molar refractivity (Wildman–Crippen MR) is 135 cm³/mol. The van der Waals surface area contributed by atoms with E-state index in [1.165, 1.54) is 12.3 Å². The Morgan fingerprint density at radius 2 is 1.79 bits per heavy atom. The van der Waals surface area contributed by atoms with Gasteiger partial charge in [-0.15, -0.1) is 4.59 Å². The van der Waals surface area contributed by atoms with E-state index in [4.69, 9.17) is 0 Å². The summed E-state index contributed by atoms with van der Waals surface area (Å²) in [4.78, 5) is 24.6. The van der Waals surface area contributed by atoms with E-state index in [1.54, 1.807) is 0 Å². The van der Waals surface area contributed by atoms with Gasteiger partial charge in [0.1, 0.15) is 12.3 Å². The summed E-state index contributed by atoms with van der Waals surface area (Å²) in [5.41, 5.74) is 4.79. The van der Waals surface area contributed by atoms with Crippen LogP contribution in [0, 0.1) is 11.8 Å². The molecule has 3 aromatic carbocycles. The summed E-state index contributed by atoms with van der Waals surface area (Å²) in [5.74, 6) is 6.52. The maximum absolute atomic E-state index is 13.1. The number of likely N-dealkylation sites (tertiary alicyclic amines) is 1. The second-order valence-corrected chi connectivity index (χ2v) is 10.2. The smallest absolute Gasteiger partial charge is 0.353 e. The molecule has 4 rings (SSSR count). The lowest BCUT2D eigenvalue weighted by molar-refractivity contribution is -0.925. The number of β-lactam (4-membered cyclic amide) rings is 1. The molecule has 3 atom stereocenters. The second kappa shape index (κ2) is 10.9. The van der Waals surface area contributed by atoms with Crippen LogP contribution in [-0.4, -0.2) is 32.9 Å². The number of hydrogen-bond donors (Lipinski definition) is 1. The van der Waals surface area contributed by atoms with Crippen molar-refractivity contribution < 1.29 is 18.7 Å². The standard InChI is InChI=1S/C28H28N2O3S/c1-22(31)29-30(27(32)20-28(30)34(33)21-23-12-5-4-6-13-23)19-10-3-2-7-14-24-16-11-17-25-15-8-9-18-26(24)25/h4-6,8-9,11-13,15-18,28H,2-3,10,19-21H2,1H3/p+1. The third kappa shape index (κ3) is 5.34. The molecule has 6 heteroatoms. The molecule has 0 radical (unpaired) electrons. The fourth-order valence-electron chi connectivity index (χ4n) is 4.45. The quantitative estimate of drug-likeness (QED) is 0.173. The molecule has 5 nitrogen and oxygen atoms in total. The van der Waals surface area contributed by atoms with Gasteiger partial charge in [0.25, 0.3) is 11.3 Å². The molecule has 1 heterocycles. The van der Waals surface area contributed by atoms with Crippen molar-refractivity contribution in [1.29, 1.82) is 0 Å². The minimum atomic E-state index is -1.27. The zero-order valence-corrected chi connectivity index (χ0v) is 20.1. The van der Waals surface area contributed by atoms with Crippen LogP contribution >= 0.6 is 0 Å². The molecule has 34 heavy (non-hydrogen) atoms. The molecule has 1 N–H and O–H groups in total. The van der Waals surface area contributed by atoms with E-state index in [2.05, 4.69) is 35.5 Å². The maximum atomic E-state index is 13.1. The summed E-state index contributed by atoms with van der Waals surface area (Å²) in [5, 5.41) is 1.89. The monoisotopic (exact) mass is 473 g/mol. The van der Waals surface area contributed by atoms with Crippen LogP contribution in [0.4, 0.5) is 0 Å². The van der Waals surface area contributed by atoms with Gasteiger partial charge in [-0.1, -0.05) is 78.6 Å². The van der Waals surface area contributed by atoms with Gasteiger partial charge in [0.15, 0.2) is 6.42 Å². The van der Waals surface area contributed by atoms with Crippen LogP contribution < -0.4 is 5.43 Å². The fourth-order valence-corrected chi connectivity index (χ4v) is 6.17. The molecule has 174 valence electrons. The lowest BCUT2D eigenvalue weighted by Gasteiger charge is -2.46. The number of benzene rings is 3. The molecule has 3 aromatic rings. The van der Waals surface area contributed by atoms with Gasteiger partial charge in [-0.3, -0.25) is 4.79 Å². The summed E-state index contributed by atoms with van der Waals surface area (Å²) in [6, 6.07) is 23.9. The van der Waals surface area contributed by atoms with Gasteiger partial charge in [0.05, 0.1) is 0 Å². The minimum Gasteiger partial charge on any atom is -0.611 e. The van der Waals surface area contributed by atoms with Crippen LogP contribution in [-0.2, 0) is 26.5 Å². The highest BCUT2D eigenvalue weighted by Gasteiger charge is 2.63. The number of rotatable bonds is 8. The van der Waals surface area contributed by atoms with Crippen LogP contribution in [0.25, 0.3) is 10.8 Å². The van der Waals surface area contributed by atoms with Crippen LogP contribution in [0.1, 0.15) is 43.7 Å². The van der Waals surface area contributed by atoms with Gasteiger partial charge in [-0.25, -0.2) is 4.79 Å². The van der Waals surface area contributed by atoms with Gasteiger partial charge in [-0.2, -0.15) is 5.43 Å². The van der Waals surface area contributed by atoms with Crippen molar-refractivity contribution in [3.05, 3.63) is 83.9 Å². The number of nitrogens with zero attached hydrogens (tertiary/aromatic N) is 1. The van der Waals surface area contributed by atoms with Crippen molar-refractivity contribution >= 4 is 33.8 Å². The minimum absolute atomic E-state index is 0.0801. The number of fused-ring (bicyclic) bond motifs is 1. The number of amides is 2. The summed E-state index contributed by atoms with van der Waals surface area (Å²) in [6.45, 7) is 1.83. The summed E-state index contributed by atoms with van der Waals surface area (Å²) < 4.78 is 12.9. The van der Waals surface area contributed by atoms with Crippen molar-refractivity contribution in [2.75, 3.05) is 6.54 Å². The Morgan fingerprint density at radius 3 is 2.56 bits per heavy atom. The summed E-state index contributed by atoms with van der Waals surface area (Å²) in [6.07, 6.45) is 2.41. The van der Waals surface area contributed by atoms with Crippen molar-refractivity contribution in [1.82, 2.24) is 5.43 Å². The highest BCUT2D eigenvalue weighted by Crippen LogP contribution is 2.34. The zero-order chi connectivity index (χ0) is 24.0. The van der Waals surface area contributed by atoms with E-state index in [0.717, 1.165) is 22.9 Å². The Labute approximate surface area is 203 Å². The van der Waals surface area contributed by atoms with E-state index in [0.29, 0.717) is 25.1 Å². The molecular weight excluding hydrogens is 444 g/mol. The van der Waals surface area contributed by atoms with Gasteiger partial charge in [0, 0.05) is 42.1 Å². The average molecular weight is 474 g/mol. The van der Waals surface area contributed by atoms with Crippen LogP contribution in [0.5, 0.6) is 0 Å². The molecule has 1 saturated heterocycles. The molecule has 1 aliphatic rings. The number of carbonyl (C=O) groups excluding carboxylic acids is 2. The molecular formula is C28H29N2O3S+. The summed E-state index contributed by atoms with van der Waals surface area (Å²) in [7, 11) is 0. The molecule has 0 spiro atoms. The number of hydrogen-bond acceptors (Lipinski definition) is 3. The van der Waals surface area contributed by atoms with Crippen molar-refractivity contribution in [3.63, 3.8) is 0 Å². The molecule has 1 fully saturated rings. The Hall–Kier alpha value is -3.11. The molecule has 2 amide bonds. The third-order valence-electron chi connectivity index (χ3n) is 6.17. The van der Waals surface area contributed by atoms with Gasteiger partial charge >= 0.3 is 5.91 Å². The first-order chi connectivity index (χ1) is 16.5. The van der Waals surface area contributed by atoms with Crippen molar-refractivity contribution in [3.8, 4) is 11.8 Å². The first-order valence-corrected chi connectivity index (χ1v) is 13.0. The largest absolute Gasteiger partial charge is 0.611 e. The first kappa shape index (κ1) is 24.0. The van der Waals surface area contributed by atoms with Gasteiger partial charge < -0.3 is 4.55 Å².